The first-order chi connectivity index (χ1) is 9.33. The van der Waals surface area contributed by atoms with Crippen molar-refractivity contribution in [3.05, 3.63) is 29.3 Å². The summed E-state index contributed by atoms with van der Waals surface area (Å²) in [7, 11) is 2.24. The molecule has 1 aromatic rings. The molecule has 1 aliphatic heterocycles. The molecule has 19 heavy (non-hydrogen) atoms. The smallest absolute Gasteiger partial charge is 0.0367 e. The maximum absolute atomic E-state index is 3.64. The molecule has 1 aromatic carbocycles. The summed E-state index contributed by atoms with van der Waals surface area (Å²) in [5, 5.41) is 3.64. The molecule has 0 radical (unpaired) electrons. The summed E-state index contributed by atoms with van der Waals surface area (Å²) < 4.78 is 0. The zero-order valence-electron chi connectivity index (χ0n) is 12.1. The van der Waals surface area contributed by atoms with E-state index in [2.05, 4.69) is 35.5 Å². The van der Waals surface area contributed by atoms with Crippen LogP contribution in [0, 0.1) is 0 Å². The van der Waals surface area contributed by atoms with Crippen LogP contribution < -0.4 is 10.2 Å². The van der Waals surface area contributed by atoms with Gasteiger partial charge in [-0.3, -0.25) is 0 Å². The molecule has 0 amide bonds. The molecule has 1 aliphatic carbocycles. The van der Waals surface area contributed by atoms with Gasteiger partial charge in [0.2, 0.25) is 0 Å². The summed E-state index contributed by atoms with van der Waals surface area (Å²) in [6.07, 6.45) is 9.35. The lowest BCUT2D eigenvalue weighted by atomic mass is 9.91. The fourth-order valence-electron chi connectivity index (χ4n) is 3.47. The Labute approximate surface area is 117 Å². The molecule has 3 rings (SSSR count). The molecule has 1 N–H and O–H groups in total. The van der Waals surface area contributed by atoms with E-state index in [0.29, 0.717) is 6.04 Å². The molecule has 1 saturated heterocycles. The minimum absolute atomic E-state index is 0.676. The lowest BCUT2D eigenvalue weighted by Crippen LogP contribution is -2.42. The van der Waals surface area contributed by atoms with E-state index in [1.165, 1.54) is 57.2 Å². The number of nitrogens with zero attached hydrogens (tertiary/aromatic N) is 1. The van der Waals surface area contributed by atoms with Gasteiger partial charge < -0.3 is 10.2 Å². The fourth-order valence-corrected chi connectivity index (χ4v) is 3.47. The van der Waals surface area contributed by atoms with Gasteiger partial charge in [-0.25, -0.2) is 0 Å². The summed E-state index contributed by atoms with van der Waals surface area (Å²) in [4.78, 5) is 2.43. The number of likely N-dealkylation sites (N-methyl/N-ethyl adjacent to an activating group) is 1. The van der Waals surface area contributed by atoms with E-state index in [-0.39, 0.29) is 0 Å². The topological polar surface area (TPSA) is 15.3 Å². The van der Waals surface area contributed by atoms with Crippen LogP contribution in [0.1, 0.15) is 43.2 Å². The van der Waals surface area contributed by atoms with Gasteiger partial charge in [-0.2, -0.15) is 0 Å². The average molecular weight is 258 g/mol. The van der Waals surface area contributed by atoms with Crippen LogP contribution in [0.25, 0.3) is 0 Å². The van der Waals surface area contributed by atoms with Gasteiger partial charge >= 0.3 is 0 Å². The van der Waals surface area contributed by atoms with Crippen LogP contribution in [0.3, 0.4) is 0 Å². The van der Waals surface area contributed by atoms with Gasteiger partial charge in [0, 0.05) is 25.3 Å². The predicted octanol–water partition coefficient (Wildman–Crippen LogP) is 3.14. The Morgan fingerprint density at radius 1 is 1.11 bits per heavy atom. The second kappa shape index (κ2) is 5.96. The van der Waals surface area contributed by atoms with Crippen molar-refractivity contribution >= 4 is 5.69 Å². The Hall–Kier alpha value is -1.02. The summed E-state index contributed by atoms with van der Waals surface area (Å²) >= 11 is 0. The van der Waals surface area contributed by atoms with E-state index in [4.69, 9.17) is 0 Å². The lowest BCUT2D eigenvalue weighted by Gasteiger charge is -2.30. The Morgan fingerprint density at radius 2 is 1.95 bits per heavy atom. The van der Waals surface area contributed by atoms with Crippen LogP contribution >= 0.6 is 0 Å². The third kappa shape index (κ3) is 3.11. The third-order valence-electron chi connectivity index (χ3n) is 4.68. The number of benzene rings is 1. The minimum atomic E-state index is 0.676. The number of anilines is 1. The van der Waals surface area contributed by atoms with Gasteiger partial charge in [-0.15, -0.1) is 0 Å². The van der Waals surface area contributed by atoms with E-state index in [0.717, 1.165) is 6.54 Å². The summed E-state index contributed by atoms with van der Waals surface area (Å²) in [6.45, 7) is 2.33. The largest absolute Gasteiger partial charge is 0.373 e. The van der Waals surface area contributed by atoms with Gasteiger partial charge in [-0.05, 0) is 68.3 Å². The highest BCUT2D eigenvalue weighted by molar-refractivity contribution is 5.51. The van der Waals surface area contributed by atoms with Crippen molar-refractivity contribution in [3.8, 4) is 0 Å². The van der Waals surface area contributed by atoms with E-state index in [1.54, 1.807) is 11.1 Å². The predicted molar refractivity (Wildman–Crippen MR) is 82.0 cm³/mol. The first kappa shape index (κ1) is 13.0. The fraction of sp³-hybridized carbons (Fsp3) is 0.647. The highest BCUT2D eigenvalue weighted by Gasteiger charge is 2.16. The molecule has 2 nitrogen and oxygen atoms in total. The van der Waals surface area contributed by atoms with E-state index in [1.807, 2.05) is 0 Å². The Morgan fingerprint density at radius 3 is 2.74 bits per heavy atom. The monoisotopic (exact) mass is 258 g/mol. The first-order valence-corrected chi connectivity index (χ1v) is 7.89. The maximum atomic E-state index is 3.64. The molecule has 2 aliphatic rings. The number of hydrogen-bond acceptors (Lipinski definition) is 2. The number of hydrogen-bond donors (Lipinski definition) is 1. The molecular weight excluding hydrogens is 232 g/mol. The Bertz CT molecular complexity index is 421. The van der Waals surface area contributed by atoms with Crippen molar-refractivity contribution in [3.63, 3.8) is 0 Å². The van der Waals surface area contributed by atoms with Crippen molar-refractivity contribution in [2.24, 2.45) is 0 Å². The van der Waals surface area contributed by atoms with E-state index < -0.39 is 0 Å². The van der Waals surface area contributed by atoms with Gasteiger partial charge in [0.1, 0.15) is 0 Å². The van der Waals surface area contributed by atoms with Gasteiger partial charge in [0.05, 0.1) is 0 Å². The quantitative estimate of drug-likeness (QED) is 0.896. The number of piperidine rings is 1. The minimum Gasteiger partial charge on any atom is -0.373 e. The van der Waals surface area contributed by atoms with Crippen LogP contribution in [0.15, 0.2) is 18.2 Å². The molecule has 0 bridgehead atoms. The van der Waals surface area contributed by atoms with Crippen LogP contribution in [0.2, 0.25) is 0 Å². The van der Waals surface area contributed by atoms with Crippen molar-refractivity contribution in [2.45, 2.75) is 51.0 Å². The highest BCUT2D eigenvalue weighted by Crippen LogP contribution is 2.26. The highest BCUT2D eigenvalue weighted by atomic mass is 15.1. The number of rotatable bonds is 3. The first-order valence-electron chi connectivity index (χ1n) is 7.89. The number of fused-ring (bicyclic) bond motifs is 1. The van der Waals surface area contributed by atoms with Crippen LogP contribution in [0.4, 0.5) is 5.69 Å². The summed E-state index contributed by atoms with van der Waals surface area (Å²) in [6, 6.07) is 7.77. The molecule has 1 unspecified atom stereocenters. The SMILES string of the molecule is CN(CC1CCCCN1)c1ccc2c(c1)CCCC2. The third-order valence-corrected chi connectivity index (χ3v) is 4.68. The van der Waals surface area contributed by atoms with Gasteiger partial charge in [0.25, 0.3) is 0 Å². The van der Waals surface area contributed by atoms with Gasteiger partial charge in [0.15, 0.2) is 0 Å². The number of nitrogens with one attached hydrogen (secondary N) is 1. The standard InChI is InChI=1S/C17H26N2/c1-19(13-16-8-4-5-11-18-16)17-10-9-14-6-2-3-7-15(14)12-17/h9-10,12,16,18H,2-8,11,13H2,1H3. The van der Waals surface area contributed by atoms with E-state index in [9.17, 15) is 0 Å². The zero-order valence-corrected chi connectivity index (χ0v) is 12.1. The molecule has 104 valence electrons. The van der Waals surface area contributed by atoms with Crippen LogP contribution in [-0.2, 0) is 12.8 Å². The molecule has 1 fully saturated rings. The van der Waals surface area contributed by atoms with Crippen molar-refractivity contribution < 1.29 is 0 Å². The summed E-state index contributed by atoms with van der Waals surface area (Å²) in [5.74, 6) is 0. The Kier molecular flexibility index (Phi) is 4.07. The second-order valence-corrected chi connectivity index (χ2v) is 6.19. The molecule has 0 aromatic heterocycles. The Balaban J connectivity index is 1.67. The normalized spacial score (nSPS) is 22.9. The van der Waals surface area contributed by atoms with Crippen LogP contribution in [0.5, 0.6) is 0 Å². The molecule has 2 heteroatoms. The maximum Gasteiger partial charge on any atom is 0.0367 e. The van der Waals surface area contributed by atoms with Crippen LogP contribution in [-0.4, -0.2) is 26.2 Å². The molecule has 0 spiro atoms. The van der Waals surface area contributed by atoms with Crippen molar-refractivity contribution in [1.29, 1.82) is 0 Å². The molecule has 1 heterocycles. The van der Waals surface area contributed by atoms with Crippen molar-refractivity contribution in [2.75, 3.05) is 25.0 Å². The number of aryl methyl sites for hydroxylation is 2. The zero-order chi connectivity index (χ0) is 13.1. The van der Waals surface area contributed by atoms with Gasteiger partial charge in [-0.1, -0.05) is 12.5 Å². The van der Waals surface area contributed by atoms with E-state index >= 15 is 0 Å². The molecule has 0 saturated carbocycles. The van der Waals surface area contributed by atoms with Crippen molar-refractivity contribution in [1.82, 2.24) is 5.32 Å². The molecule has 1 atom stereocenters. The molecular formula is C17H26N2. The summed E-state index contributed by atoms with van der Waals surface area (Å²) in [5.41, 5.74) is 4.57. The lowest BCUT2D eigenvalue weighted by molar-refractivity contribution is 0.403. The average Bonchev–Trinajstić information content (AvgIpc) is 2.48. The second-order valence-electron chi connectivity index (χ2n) is 6.19.